The molecule has 1 heterocycles. The van der Waals surface area contributed by atoms with Crippen molar-refractivity contribution in [2.24, 2.45) is 0 Å². The molecule has 1 aliphatic rings. The Morgan fingerprint density at radius 1 is 1.10 bits per heavy atom. The van der Waals surface area contributed by atoms with Gasteiger partial charge in [0.1, 0.15) is 13.2 Å². The summed E-state index contributed by atoms with van der Waals surface area (Å²) in [6.45, 7) is 0.988. The molecule has 0 saturated carbocycles. The Kier molecular flexibility index (Phi) is 4.36. The van der Waals surface area contributed by atoms with Crippen molar-refractivity contribution in [1.29, 1.82) is 0 Å². The van der Waals surface area contributed by atoms with Gasteiger partial charge in [-0.3, -0.25) is 4.79 Å². The van der Waals surface area contributed by atoms with E-state index in [0.29, 0.717) is 41.1 Å². The van der Waals surface area contributed by atoms with E-state index in [2.05, 4.69) is 0 Å². The maximum absolute atomic E-state index is 12.3. The van der Waals surface area contributed by atoms with Crippen LogP contribution in [0.2, 0.25) is 5.02 Å². The van der Waals surface area contributed by atoms with Crippen molar-refractivity contribution in [1.82, 2.24) is 0 Å². The molecule has 0 amide bonds. The topological polar surface area (TPSA) is 35.5 Å². The van der Waals surface area contributed by atoms with Crippen molar-refractivity contribution >= 4 is 29.1 Å². The number of rotatable bonds is 4. The van der Waals surface area contributed by atoms with Gasteiger partial charge in [-0.2, -0.15) is 0 Å². The molecule has 0 fully saturated rings. The Morgan fingerprint density at radius 3 is 2.48 bits per heavy atom. The second-order valence-corrected chi connectivity index (χ2v) is 5.96. The Bertz CT molecular complexity index is 658. The highest BCUT2D eigenvalue weighted by Crippen LogP contribution is 2.36. The summed E-state index contributed by atoms with van der Waals surface area (Å²) >= 11 is 7.66. The van der Waals surface area contributed by atoms with E-state index in [1.54, 1.807) is 12.1 Å². The minimum atomic E-state index is -0.0224. The number of carbonyl (C=O) groups excluding carboxylic acids is 1. The molecule has 108 valence electrons. The van der Waals surface area contributed by atoms with E-state index in [-0.39, 0.29) is 5.78 Å². The fraction of sp³-hybridized carbons (Fsp3) is 0.188. The molecule has 0 radical (unpaired) electrons. The van der Waals surface area contributed by atoms with Gasteiger partial charge in [0.2, 0.25) is 0 Å². The average molecular weight is 321 g/mol. The zero-order valence-corrected chi connectivity index (χ0v) is 12.7. The van der Waals surface area contributed by atoms with Crippen LogP contribution in [-0.2, 0) is 0 Å². The smallest absolute Gasteiger partial charge is 0.174 e. The molecule has 0 unspecified atom stereocenters. The van der Waals surface area contributed by atoms with Gasteiger partial charge in [-0.1, -0.05) is 29.8 Å². The molecule has 0 aliphatic carbocycles. The minimum Gasteiger partial charge on any atom is -0.486 e. The average Bonchev–Trinajstić information content (AvgIpc) is 2.53. The fourth-order valence-corrected chi connectivity index (χ4v) is 3.08. The van der Waals surface area contributed by atoms with Gasteiger partial charge in [-0.25, -0.2) is 0 Å². The van der Waals surface area contributed by atoms with Gasteiger partial charge < -0.3 is 9.47 Å². The number of ketones is 1. The molecular weight excluding hydrogens is 308 g/mol. The number of thioether (sulfide) groups is 1. The standard InChI is InChI=1S/C16H13ClO3S/c17-13-9-16-15(19-6-7-20-16)8-12(13)14(18)10-21-11-4-2-1-3-5-11/h1-5,8-9H,6-7,10H2. The van der Waals surface area contributed by atoms with Crippen LogP contribution >= 0.6 is 23.4 Å². The lowest BCUT2D eigenvalue weighted by atomic mass is 10.1. The Hall–Kier alpha value is -1.65. The Morgan fingerprint density at radius 2 is 1.76 bits per heavy atom. The zero-order valence-electron chi connectivity index (χ0n) is 11.2. The van der Waals surface area contributed by atoms with E-state index in [1.807, 2.05) is 30.3 Å². The highest BCUT2D eigenvalue weighted by molar-refractivity contribution is 8.00. The van der Waals surface area contributed by atoms with Crippen LogP contribution in [-0.4, -0.2) is 24.7 Å². The number of hydrogen-bond acceptors (Lipinski definition) is 4. The van der Waals surface area contributed by atoms with Crippen LogP contribution in [0.25, 0.3) is 0 Å². The molecule has 0 N–H and O–H groups in total. The number of ether oxygens (including phenoxy) is 2. The molecule has 2 aromatic carbocycles. The van der Waals surface area contributed by atoms with Crippen molar-refractivity contribution in [3.8, 4) is 11.5 Å². The normalized spacial score (nSPS) is 13.0. The van der Waals surface area contributed by atoms with E-state index >= 15 is 0 Å². The van der Waals surface area contributed by atoms with E-state index in [1.165, 1.54) is 11.8 Å². The lowest BCUT2D eigenvalue weighted by Crippen LogP contribution is -2.16. The van der Waals surface area contributed by atoms with Gasteiger partial charge in [0.05, 0.1) is 10.8 Å². The van der Waals surface area contributed by atoms with Crippen molar-refractivity contribution in [2.75, 3.05) is 19.0 Å². The lowest BCUT2D eigenvalue weighted by molar-refractivity contribution is 0.102. The van der Waals surface area contributed by atoms with Crippen molar-refractivity contribution in [2.45, 2.75) is 4.90 Å². The predicted octanol–water partition coefficient (Wildman–Crippen LogP) is 4.09. The number of benzene rings is 2. The molecular formula is C16H13ClO3S. The second kappa shape index (κ2) is 6.41. The van der Waals surface area contributed by atoms with Gasteiger partial charge >= 0.3 is 0 Å². The summed E-state index contributed by atoms with van der Waals surface area (Å²) in [5, 5.41) is 0.401. The number of fused-ring (bicyclic) bond motifs is 1. The third-order valence-corrected chi connectivity index (χ3v) is 4.37. The lowest BCUT2D eigenvalue weighted by Gasteiger charge is -2.19. The minimum absolute atomic E-state index is 0.0224. The predicted molar refractivity (Wildman–Crippen MR) is 83.9 cm³/mol. The van der Waals surface area contributed by atoms with Gasteiger partial charge in [0.15, 0.2) is 17.3 Å². The van der Waals surface area contributed by atoms with Gasteiger partial charge in [0.25, 0.3) is 0 Å². The van der Waals surface area contributed by atoms with Crippen LogP contribution in [0, 0.1) is 0 Å². The van der Waals surface area contributed by atoms with E-state index < -0.39 is 0 Å². The quantitative estimate of drug-likeness (QED) is 0.628. The molecule has 0 spiro atoms. The summed E-state index contributed by atoms with van der Waals surface area (Å²) in [7, 11) is 0. The van der Waals surface area contributed by atoms with Crippen molar-refractivity contribution in [3.05, 3.63) is 53.1 Å². The van der Waals surface area contributed by atoms with Gasteiger partial charge in [0, 0.05) is 16.5 Å². The highest BCUT2D eigenvalue weighted by atomic mass is 35.5. The fourth-order valence-electron chi connectivity index (χ4n) is 2.02. The summed E-state index contributed by atoms with van der Waals surface area (Å²) in [5.74, 6) is 1.49. The first-order chi connectivity index (χ1) is 10.2. The van der Waals surface area contributed by atoms with Crippen LogP contribution in [0.5, 0.6) is 11.5 Å². The van der Waals surface area contributed by atoms with Crippen LogP contribution in [0.3, 0.4) is 0 Å². The first kappa shape index (κ1) is 14.3. The third kappa shape index (κ3) is 3.34. The molecule has 5 heteroatoms. The van der Waals surface area contributed by atoms with Gasteiger partial charge in [-0.15, -0.1) is 11.8 Å². The molecule has 0 bridgehead atoms. The molecule has 2 aromatic rings. The van der Waals surface area contributed by atoms with Crippen LogP contribution in [0.1, 0.15) is 10.4 Å². The maximum Gasteiger partial charge on any atom is 0.174 e. The third-order valence-electron chi connectivity index (χ3n) is 3.05. The molecule has 3 rings (SSSR count). The summed E-state index contributed by atoms with van der Waals surface area (Å²) < 4.78 is 10.9. The summed E-state index contributed by atoms with van der Waals surface area (Å²) in [5.41, 5.74) is 0.476. The van der Waals surface area contributed by atoms with E-state index in [4.69, 9.17) is 21.1 Å². The van der Waals surface area contributed by atoms with Crippen molar-refractivity contribution < 1.29 is 14.3 Å². The highest BCUT2D eigenvalue weighted by Gasteiger charge is 2.19. The molecule has 0 saturated heterocycles. The first-order valence-electron chi connectivity index (χ1n) is 6.54. The van der Waals surface area contributed by atoms with E-state index in [9.17, 15) is 4.79 Å². The molecule has 0 atom stereocenters. The van der Waals surface area contributed by atoms with E-state index in [0.717, 1.165) is 4.90 Å². The van der Waals surface area contributed by atoms with Crippen LogP contribution in [0.15, 0.2) is 47.4 Å². The van der Waals surface area contributed by atoms with Gasteiger partial charge in [-0.05, 0) is 18.2 Å². The summed E-state index contributed by atoms with van der Waals surface area (Å²) in [4.78, 5) is 13.4. The molecule has 3 nitrogen and oxygen atoms in total. The molecule has 21 heavy (non-hydrogen) atoms. The summed E-state index contributed by atoms with van der Waals surface area (Å²) in [6, 6.07) is 13.1. The summed E-state index contributed by atoms with van der Waals surface area (Å²) in [6.07, 6.45) is 0. The first-order valence-corrected chi connectivity index (χ1v) is 7.90. The maximum atomic E-state index is 12.3. The monoisotopic (exact) mass is 320 g/mol. The molecule has 0 aromatic heterocycles. The second-order valence-electron chi connectivity index (χ2n) is 4.50. The Labute approximate surface area is 132 Å². The largest absolute Gasteiger partial charge is 0.486 e. The number of carbonyl (C=O) groups is 1. The number of Topliss-reactive ketones (excluding diaryl/α,β-unsaturated/α-hetero) is 1. The zero-order chi connectivity index (χ0) is 14.7. The number of hydrogen-bond donors (Lipinski definition) is 0. The van der Waals surface area contributed by atoms with Crippen LogP contribution in [0.4, 0.5) is 0 Å². The SMILES string of the molecule is O=C(CSc1ccccc1)c1cc2c(cc1Cl)OCCO2. The number of halogens is 1. The Balaban J connectivity index is 1.75. The molecule has 1 aliphatic heterocycles. The van der Waals surface area contributed by atoms with Crippen molar-refractivity contribution in [3.63, 3.8) is 0 Å². The van der Waals surface area contributed by atoms with Crippen LogP contribution < -0.4 is 9.47 Å².